The van der Waals surface area contributed by atoms with Crippen molar-refractivity contribution in [1.82, 2.24) is 15.1 Å². The summed E-state index contributed by atoms with van der Waals surface area (Å²) in [5.41, 5.74) is 0.903. The van der Waals surface area contributed by atoms with E-state index in [9.17, 15) is 9.18 Å². The van der Waals surface area contributed by atoms with Gasteiger partial charge in [-0.25, -0.2) is 4.39 Å². The molecule has 1 aromatic carbocycles. The number of benzene rings is 1. The Bertz CT molecular complexity index is 653. The van der Waals surface area contributed by atoms with Crippen LogP contribution in [-0.4, -0.2) is 34.1 Å². The van der Waals surface area contributed by atoms with Crippen LogP contribution in [0.2, 0.25) is 0 Å². The van der Waals surface area contributed by atoms with Crippen LogP contribution in [0.15, 0.2) is 36.4 Å². The Morgan fingerprint density at radius 3 is 2.59 bits per heavy atom. The second kappa shape index (κ2) is 6.51. The minimum absolute atomic E-state index is 0.0781. The molecule has 1 fully saturated rings. The third-order valence-corrected chi connectivity index (χ3v) is 3.69. The summed E-state index contributed by atoms with van der Waals surface area (Å²) >= 11 is 0. The van der Waals surface area contributed by atoms with Crippen molar-refractivity contribution in [2.75, 3.05) is 18.4 Å². The average Bonchev–Trinajstić information content (AvgIpc) is 3.08. The van der Waals surface area contributed by atoms with Crippen molar-refractivity contribution in [2.45, 2.75) is 19.4 Å². The monoisotopic (exact) mass is 300 g/mol. The molecule has 0 unspecified atom stereocenters. The molecule has 1 N–H and O–H groups in total. The summed E-state index contributed by atoms with van der Waals surface area (Å²) in [7, 11) is 0. The zero-order valence-corrected chi connectivity index (χ0v) is 12.1. The van der Waals surface area contributed by atoms with E-state index >= 15 is 0 Å². The van der Waals surface area contributed by atoms with Crippen molar-refractivity contribution in [3.8, 4) is 0 Å². The van der Waals surface area contributed by atoms with Gasteiger partial charge in [0.2, 0.25) is 0 Å². The molecule has 0 radical (unpaired) electrons. The molecule has 1 amide bonds. The lowest BCUT2D eigenvalue weighted by molar-refractivity contribution is 0.0786. The van der Waals surface area contributed by atoms with E-state index in [2.05, 4.69) is 15.5 Å². The number of likely N-dealkylation sites (tertiary alicyclic amines) is 1. The van der Waals surface area contributed by atoms with E-state index in [-0.39, 0.29) is 11.7 Å². The smallest absolute Gasteiger partial charge is 0.274 e. The third-order valence-electron chi connectivity index (χ3n) is 3.69. The minimum atomic E-state index is -0.260. The summed E-state index contributed by atoms with van der Waals surface area (Å²) < 4.78 is 13.5. The zero-order chi connectivity index (χ0) is 15.4. The van der Waals surface area contributed by atoms with Gasteiger partial charge in [-0.1, -0.05) is 18.2 Å². The maximum atomic E-state index is 13.5. The first kappa shape index (κ1) is 14.4. The molecule has 2 heterocycles. The summed E-state index contributed by atoms with van der Waals surface area (Å²) in [4.78, 5) is 13.9. The fourth-order valence-corrected chi connectivity index (χ4v) is 2.45. The maximum Gasteiger partial charge on any atom is 0.274 e. The molecule has 2 aromatic rings. The molecule has 1 aliphatic rings. The van der Waals surface area contributed by atoms with Gasteiger partial charge in [0.25, 0.3) is 5.91 Å². The van der Waals surface area contributed by atoms with Gasteiger partial charge >= 0.3 is 0 Å². The van der Waals surface area contributed by atoms with Crippen LogP contribution < -0.4 is 5.32 Å². The van der Waals surface area contributed by atoms with E-state index in [4.69, 9.17) is 0 Å². The largest absolute Gasteiger partial charge is 0.364 e. The standard InChI is InChI=1S/C16H17FN4O/c17-13-6-2-1-5-12(13)11-18-15-8-7-14(19-20-15)16(22)21-9-3-4-10-21/h1-2,5-8H,3-4,9-11H2,(H,18,20). The van der Waals surface area contributed by atoms with Gasteiger partial charge in [0, 0.05) is 25.2 Å². The van der Waals surface area contributed by atoms with Crippen LogP contribution in [0.1, 0.15) is 28.9 Å². The van der Waals surface area contributed by atoms with E-state index in [1.165, 1.54) is 6.07 Å². The topological polar surface area (TPSA) is 58.1 Å². The van der Waals surface area contributed by atoms with Crippen LogP contribution in [-0.2, 0) is 6.54 Å². The van der Waals surface area contributed by atoms with Crippen LogP contribution >= 0.6 is 0 Å². The molecule has 22 heavy (non-hydrogen) atoms. The lowest BCUT2D eigenvalue weighted by atomic mass is 10.2. The van der Waals surface area contributed by atoms with Gasteiger partial charge in [-0.2, -0.15) is 0 Å². The van der Waals surface area contributed by atoms with Gasteiger partial charge in [-0.3, -0.25) is 4.79 Å². The van der Waals surface area contributed by atoms with E-state index in [1.54, 1.807) is 35.2 Å². The molecule has 1 aliphatic heterocycles. The highest BCUT2D eigenvalue weighted by molar-refractivity contribution is 5.92. The SMILES string of the molecule is O=C(c1ccc(NCc2ccccc2F)nn1)N1CCCC1. The van der Waals surface area contributed by atoms with Crippen LogP contribution in [0.3, 0.4) is 0 Å². The zero-order valence-electron chi connectivity index (χ0n) is 12.1. The highest BCUT2D eigenvalue weighted by Gasteiger charge is 2.20. The average molecular weight is 300 g/mol. The molecule has 6 heteroatoms. The molecule has 0 bridgehead atoms. The summed E-state index contributed by atoms with van der Waals surface area (Å²) in [5, 5.41) is 10.9. The van der Waals surface area contributed by atoms with Gasteiger partial charge in [0.15, 0.2) is 5.69 Å². The van der Waals surface area contributed by atoms with Crippen molar-refractivity contribution in [3.05, 3.63) is 53.5 Å². The molecule has 0 spiro atoms. The summed E-state index contributed by atoms with van der Waals surface area (Å²) in [6.07, 6.45) is 2.09. The van der Waals surface area contributed by atoms with Crippen molar-refractivity contribution >= 4 is 11.7 Å². The Morgan fingerprint density at radius 1 is 1.14 bits per heavy atom. The predicted octanol–water partition coefficient (Wildman–Crippen LogP) is 2.46. The molecular weight excluding hydrogens is 283 g/mol. The Morgan fingerprint density at radius 2 is 1.91 bits per heavy atom. The fourth-order valence-electron chi connectivity index (χ4n) is 2.45. The van der Waals surface area contributed by atoms with Gasteiger partial charge in [-0.05, 0) is 31.0 Å². The Kier molecular flexibility index (Phi) is 4.27. The van der Waals surface area contributed by atoms with Gasteiger partial charge < -0.3 is 10.2 Å². The summed E-state index contributed by atoms with van der Waals surface area (Å²) in [5.74, 6) is 0.177. The number of nitrogens with zero attached hydrogens (tertiary/aromatic N) is 3. The molecule has 3 rings (SSSR count). The van der Waals surface area contributed by atoms with Crippen LogP contribution in [0.5, 0.6) is 0 Å². The second-order valence-corrected chi connectivity index (χ2v) is 5.25. The number of hydrogen-bond acceptors (Lipinski definition) is 4. The number of anilines is 1. The van der Waals surface area contributed by atoms with E-state index in [0.29, 0.717) is 23.6 Å². The first-order chi connectivity index (χ1) is 10.7. The quantitative estimate of drug-likeness (QED) is 0.942. The van der Waals surface area contributed by atoms with Crippen molar-refractivity contribution < 1.29 is 9.18 Å². The molecule has 0 saturated carbocycles. The first-order valence-corrected chi connectivity index (χ1v) is 7.34. The van der Waals surface area contributed by atoms with Crippen LogP contribution in [0, 0.1) is 5.82 Å². The summed E-state index contributed by atoms with van der Waals surface area (Å²) in [6.45, 7) is 1.89. The third kappa shape index (κ3) is 3.21. The highest BCUT2D eigenvalue weighted by Crippen LogP contribution is 2.13. The van der Waals surface area contributed by atoms with Crippen molar-refractivity contribution in [1.29, 1.82) is 0 Å². The molecule has 1 aromatic heterocycles. The number of rotatable bonds is 4. The fraction of sp³-hybridized carbons (Fsp3) is 0.312. The Labute approximate surface area is 128 Å². The van der Waals surface area contributed by atoms with Crippen molar-refractivity contribution in [3.63, 3.8) is 0 Å². The predicted molar refractivity (Wildman–Crippen MR) is 80.9 cm³/mol. The minimum Gasteiger partial charge on any atom is -0.364 e. The number of carbonyl (C=O) groups excluding carboxylic acids is 1. The van der Waals surface area contributed by atoms with Crippen molar-refractivity contribution in [2.24, 2.45) is 0 Å². The first-order valence-electron chi connectivity index (χ1n) is 7.34. The Hall–Kier alpha value is -2.50. The summed E-state index contributed by atoms with van der Waals surface area (Å²) in [6, 6.07) is 9.90. The highest BCUT2D eigenvalue weighted by atomic mass is 19.1. The second-order valence-electron chi connectivity index (χ2n) is 5.25. The number of nitrogens with one attached hydrogen (secondary N) is 1. The van der Waals surface area contributed by atoms with E-state index < -0.39 is 0 Å². The molecule has 1 saturated heterocycles. The number of hydrogen-bond donors (Lipinski definition) is 1. The lowest BCUT2D eigenvalue weighted by Crippen LogP contribution is -2.28. The van der Waals surface area contributed by atoms with Gasteiger partial charge in [0.1, 0.15) is 11.6 Å². The molecular formula is C16H17FN4O. The molecule has 0 atom stereocenters. The van der Waals surface area contributed by atoms with Gasteiger partial charge in [0.05, 0.1) is 0 Å². The molecule has 0 aliphatic carbocycles. The van der Waals surface area contributed by atoms with E-state index in [1.807, 2.05) is 0 Å². The van der Waals surface area contributed by atoms with Gasteiger partial charge in [-0.15, -0.1) is 10.2 Å². The number of amides is 1. The Balaban J connectivity index is 1.62. The lowest BCUT2D eigenvalue weighted by Gasteiger charge is -2.14. The number of halogens is 1. The normalized spacial score (nSPS) is 14.1. The van der Waals surface area contributed by atoms with E-state index in [0.717, 1.165) is 25.9 Å². The maximum absolute atomic E-state index is 13.5. The number of carbonyl (C=O) groups is 1. The molecule has 5 nitrogen and oxygen atoms in total. The molecule has 114 valence electrons. The van der Waals surface area contributed by atoms with Crippen LogP contribution in [0.4, 0.5) is 10.2 Å². The van der Waals surface area contributed by atoms with Crippen LogP contribution in [0.25, 0.3) is 0 Å². The number of aromatic nitrogens is 2.